The molecule has 3 aromatic rings. The molecule has 120 valence electrons. The zero-order valence-electron chi connectivity index (χ0n) is 14.9. The van der Waals surface area contributed by atoms with Crippen molar-refractivity contribution in [1.29, 1.82) is 0 Å². The van der Waals surface area contributed by atoms with Gasteiger partial charge in [0.15, 0.2) is 5.78 Å². The van der Waals surface area contributed by atoms with Crippen molar-refractivity contribution >= 4 is 16.7 Å². The summed E-state index contributed by atoms with van der Waals surface area (Å²) in [5.74, 6) is 0.126. The van der Waals surface area contributed by atoms with Gasteiger partial charge in [-0.25, -0.2) is 0 Å². The highest BCUT2D eigenvalue weighted by Gasteiger charge is 2.09. The number of hydrogen-bond donors (Lipinski definition) is 0. The van der Waals surface area contributed by atoms with E-state index in [1.807, 2.05) is 24.7 Å². The van der Waals surface area contributed by atoms with Gasteiger partial charge in [-0.3, -0.25) is 4.79 Å². The number of benzene rings is 2. The number of Topliss-reactive ketones (excluding diaryl/α,β-unsaturated/α-hetero) is 1. The number of ketones is 1. The minimum absolute atomic E-state index is 0.126. The molecular weight excluding hydrogens is 282 g/mol. The van der Waals surface area contributed by atoms with Gasteiger partial charge in [-0.1, -0.05) is 29.8 Å². The van der Waals surface area contributed by atoms with Crippen molar-refractivity contribution in [3.63, 3.8) is 0 Å². The summed E-state index contributed by atoms with van der Waals surface area (Å²) in [4.78, 5) is 11.4. The number of aryl methyl sites for hydroxylation is 4. The van der Waals surface area contributed by atoms with Crippen LogP contribution in [0.5, 0.6) is 0 Å². The van der Waals surface area contributed by atoms with Crippen LogP contribution in [0, 0.1) is 27.7 Å². The fourth-order valence-corrected chi connectivity index (χ4v) is 2.68. The molecule has 0 aliphatic heterocycles. The van der Waals surface area contributed by atoms with E-state index in [0.29, 0.717) is 0 Å². The molecular formula is C21H25NO. The van der Waals surface area contributed by atoms with E-state index in [1.54, 1.807) is 6.92 Å². The van der Waals surface area contributed by atoms with Gasteiger partial charge in [-0.2, -0.15) is 0 Å². The van der Waals surface area contributed by atoms with Gasteiger partial charge in [0, 0.05) is 29.7 Å². The molecule has 2 aromatic carbocycles. The Morgan fingerprint density at radius 3 is 2.09 bits per heavy atom. The normalized spacial score (nSPS) is 10.3. The molecule has 0 aliphatic carbocycles. The quantitative estimate of drug-likeness (QED) is 0.559. The third-order valence-corrected chi connectivity index (χ3v) is 4.40. The molecule has 23 heavy (non-hydrogen) atoms. The van der Waals surface area contributed by atoms with Gasteiger partial charge < -0.3 is 4.57 Å². The highest BCUT2D eigenvalue weighted by Crippen LogP contribution is 2.22. The van der Waals surface area contributed by atoms with Crippen LogP contribution in [-0.4, -0.2) is 10.4 Å². The zero-order chi connectivity index (χ0) is 17.1. The minimum atomic E-state index is 0.126. The largest absolute Gasteiger partial charge is 0.350 e. The average Bonchev–Trinajstić information content (AvgIpc) is 2.82. The fourth-order valence-electron chi connectivity index (χ4n) is 2.68. The van der Waals surface area contributed by atoms with E-state index in [2.05, 4.69) is 57.2 Å². The van der Waals surface area contributed by atoms with Crippen LogP contribution in [0.25, 0.3) is 10.9 Å². The summed E-state index contributed by atoms with van der Waals surface area (Å²) in [6.07, 6.45) is 1.90. The number of hydrogen-bond acceptors (Lipinski definition) is 1. The first kappa shape index (κ1) is 17.0. The molecule has 2 heteroatoms. The number of carbonyl (C=O) groups excluding carboxylic acids is 1. The molecule has 0 spiro atoms. The number of aromatic nitrogens is 1. The summed E-state index contributed by atoms with van der Waals surface area (Å²) in [7, 11) is 1.96. The highest BCUT2D eigenvalue weighted by molar-refractivity contribution is 6.07. The predicted octanol–water partition coefficient (Wildman–Crippen LogP) is 5.30. The lowest BCUT2D eigenvalue weighted by Gasteiger charge is -2.00. The Morgan fingerprint density at radius 1 is 0.957 bits per heavy atom. The van der Waals surface area contributed by atoms with Gasteiger partial charge in [0.1, 0.15) is 0 Å². The molecule has 3 rings (SSSR count). The Balaban J connectivity index is 0.000000185. The molecule has 1 heterocycles. The first-order chi connectivity index (χ1) is 10.8. The number of fused-ring (bicyclic) bond motifs is 1. The van der Waals surface area contributed by atoms with Crippen molar-refractivity contribution in [2.24, 2.45) is 7.05 Å². The number of nitrogens with zero attached hydrogens (tertiary/aromatic N) is 1. The van der Waals surface area contributed by atoms with Gasteiger partial charge in [0.25, 0.3) is 0 Å². The van der Waals surface area contributed by atoms with E-state index >= 15 is 0 Å². The maximum Gasteiger partial charge on any atom is 0.161 e. The Kier molecular flexibility index (Phi) is 5.05. The Morgan fingerprint density at radius 2 is 1.57 bits per heavy atom. The number of carbonyl (C=O) groups is 1. The molecule has 0 N–H and O–H groups in total. The minimum Gasteiger partial charge on any atom is -0.350 e. The summed E-state index contributed by atoms with van der Waals surface area (Å²) in [6, 6.07) is 12.6. The molecule has 0 unspecified atom stereocenters. The highest BCUT2D eigenvalue weighted by atomic mass is 16.1. The van der Waals surface area contributed by atoms with Gasteiger partial charge in [-0.15, -0.1) is 0 Å². The zero-order valence-corrected chi connectivity index (χ0v) is 14.9. The van der Waals surface area contributed by atoms with Crippen LogP contribution >= 0.6 is 0 Å². The third-order valence-electron chi connectivity index (χ3n) is 4.40. The molecule has 0 saturated heterocycles. The SMILES string of the molecule is CC(=O)c1cn(C)c2ccc(C)cc12.Cc1cccc(C)c1C. The molecule has 0 aliphatic rings. The molecule has 0 bridgehead atoms. The van der Waals surface area contributed by atoms with Gasteiger partial charge in [0.2, 0.25) is 0 Å². The second-order valence-electron chi connectivity index (χ2n) is 6.25. The summed E-state index contributed by atoms with van der Waals surface area (Å²) in [6.45, 7) is 10.1. The van der Waals surface area contributed by atoms with E-state index in [1.165, 1.54) is 22.3 Å². The molecule has 2 nitrogen and oxygen atoms in total. The summed E-state index contributed by atoms with van der Waals surface area (Å²) in [5.41, 5.74) is 7.29. The summed E-state index contributed by atoms with van der Waals surface area (Å²) >= 11 is 0. The summed E-state index contributed by atoms with van der Waals surface area (Å²) < 4.78 is 1.99. The van der Waals surface area contributed by atoms with Crippen LogP contribution in [-0.2, 0) is 7.05 Å². The monoisotopic (exact) mass is 307 g/mol. The molecule has 0 radical (unpaired) electrons. The van der Waals surface area contributed by atoms with Crippen LogP contribution in [0.15, 0.2) is 42.6 Å². The maximum atomic E-state index is 11.4. The average molecular weight is 307 g/mol. The van der Waals surface area contributed by atoms with Crippen LogP contribution in [0.3, 0.4) is 0 Å². The smallest absolute Gasteiger partial charge is 0.161 e. The maximum absolute atomic E-state index is 11.4. The molecule has 1 aromatic heterocycles. The van der Waals surface area contributed by atoms with Crippen LogP contribution in [0.4, 0.5) is 0 Å². The van der Waals surface area contributed by atoms with E-state index in [-0.39, 0.29) is 5.78 Å². The topological polar surface area (TPSA) is 22.0 Å². The van der Waals surface area contributed by atoms with Crippen molar-refractivity contribution in [3.8, 4) is 0 Å². The second kappa shape index (κ2) is 6.82. The lowest BCUT2D eigenvalue weighted by atomic mass is 10.1. The van der Waals surface area contributed by atoms with Crippen molar-refractivity contribution in [3.05, 3.63) is 70.4 Å². The summed E-state index contributed by atoms with van der Waals surface area (Å²) in [5, 5.41) is 1.06. The van der Waals surface area contributed by atoms with Crippen molar-refractivity contribution < 1.29 is 4.79 Å². The van der Waals surface area contributed by atoms with E-state index in [9.17, 15) is 4.79 Å². The molecule has 0 amide bonds. The second-order valence-corrected chi connectivity index (χ2v) is 6.25. The van der Waals surface area contributed by atoms with Crippen LogP contribution in [0.2, 0.25) is 0 Å². The lowest BCUT2D eigenvalue weighted by Crippen LogP contribution is -1.89. The lowest BCUT2D eigenvalue weighted by molar-refractivity contribution is 0.101. The fraction of sp³-hybridized carbons (Fsp3) is 0.286. The Hall–Kier alpha value is -2.35. The van der Waals surface area contributed by atoms with Crippen molar-refractivity contribution in [2.45, 2.75) is 34.6 Å². The van der Waals surface area contributed by atoms with Crippen molar-refractivity contribution in [2.75, 3.05) is 0 Å². The van der Waals surface area contributed by atoms with Crippen LogP contribution in [0.1, 0.15) is 39.5 Å². The van der Waals surface area contributed by atoms with E-state index in [4.69, 9.17) is 0 Å². The Labute approximate surface area is 138 Å². The van der Waals surface area contributed by atoms with Gasteiger partial charge >= 0.3 is 0 Å². The standard InChI is InChI=1S/C12H13NO.C9H12/c1-8-4-5-12-10(6-8)11(9(2)14)7-13(12)3;1-7-5-4-6-8(2)9(7)3/h4-7H,1-3H3;4-6H,1-3H3. The molecule has 0 fully saturated rings. The molecule has 0 saturated carbocycles. The first-order valence-corrected chi connectivity index (χ1v) is 7.90. The molecule has 0 atom stereocenters. The third kappa shape index (κ3) is 3.70. The van der Waals surface area contributed by atoms with E-state index < -0.39 is 0 Å². The van der Waals surface area contributed by atoms with Crippen molar-refractivity contribution in [1.82, 2.24) is 4.57 Å². The number of rotatable bonds is 1. The van der Waals surface area contributed by atoms with Gasteiger partial charge in [0.05, 0.1) is 0 Å². The Bertz CT molecular complexity index is 835. The predicted molar refractivity (Wildman–Crippen MR) is 98.3 cm³/mol. The first-order valence-electron chi connectivity index (χ1n) is 7.90. The van der Waals surface area contributed by atoms with Crippen LogP contribution < -0.4 is 0 Å². The van der Waals surface area contributed by atoms with Gasteiger partial charge in [-0.05, 0) is 63.4 Å². The van der Waals surface area contributed by atoms with E-state index in [0.717, 1.165) is 16.5 Å².